The summed E-state index contributed by atoms with van der Waals surface area (Å²) in [4.78, 5) is 31.4. The third-order valence-corrected chi connectivity index (χ3v) is 5.47. The number of aromatic nitrogens is 2. The van der Waals surface area contributed by atoms with Crippen LogP contribution in [-0.2, 0) is 16.1 Å². The molecule has 7 nitrogen and oxygen atoms in total. The van der Waals surface area contributed by atoms with E-state index < -0.39 is 5.54 Å². The first kappa shape index (κ1) is 21.9. The maximum Gasteiger partial charge on any atom is 0.262 e. The Morgan fingerprint density at radius 1 is 1.39 bits per heavy atom. The molecule has 0 radical (unpaired) electrons. The summed E-state index contributed by atoms with van der Waals surface area (Å²) in [6, 6.07) is 9.30. The molecule has 1 aromatic carbocycles. The molecule has 0 N–H and O–H groups in total. The van der Waals surface area contributed by atoms with Crippen molar-refractivity contribution in [2.24, 2.45) is 0 Å². The molecule has 0 bridgehead atoms. The van der Waals surface area contributed by atoms with E-state index in [0.717, 1.165) is 0 Å². The van der Waals surface area contributed by atoms with Crippen LogP contribution in [0, 0.1) is 11.3 Å². The van der Waals surface area contributed by atoms with E-state index in [9.17, 15) is 14.9 Å². The van der Waals surface area contributed by atoms with Crippen LogP contribution in [0.3, 0.4) is 0 Å². The second-order valence-corrected chi connectivity index (χ2v) is 7.77. The molecule has 0 aliphatic heterocycles. The van der Waals surface area contributed by atoms with Gasteiger partial charge in [-0.25, -0.2) is 4.98 Å². The lowest BCUT2D eigenvalue weighted by molar-refractivity contribution is -0.130. The number of benzene rings is 1. The molecule has 8 heteroatoms. The van der Waals surface area contributed by atoms with Gasteiger partial charge in [-0.15, -0.1) is 0 Å². The molecule has 0 fully saturated rings. The summed E-state index contributed by atoms with van der Waals surface area (Å²) in [6.45, 7) is 6.95. The fourth-order valence-electron chi connectivity index (χ4n) is 2.53. The van der Waals surface area contributed by atoms with E-state index in [0.29, 0.717) is 42.2 Å². The van der Waals surface area contributed by atoms with Gasteiger partial charge in [-0.1, -0.05) is 23.9 Å². The summed E-state index contributed by atoms with van der Waals surface area (Å²) in [7, 11) is 1.61. The molecular weight excluding hydrogens is 376 g/mol. The first-order valence-electron chi connectivity index (χ1n) is 9.20. The van der Waals surface area contributed by atoms with E-state index >= 15 is 0 Å². The van der Waals surface area contributed by atoms with Gasteiger partial charge < -0.3 is 9.64 Å². The second-order valence-electron chi connectivity index (χ2n) is 6.83. The minimum absolute atomic E-state index is 0.0951. The number of nitriles is 1. The monoisotopic (exact) mass is 402 g/mol. The Balaban J connectivity index is 2.27. The predicted octanol–water partition coefficient (Wildman–Crippen LogP) is 2.68. The molecule has 28 heavy (non-hydrogen) atoms. The maximum atomic E-state index is 12.9. The van der Waals surface area contributed by atoms with Crippen molar-refractivity contribution in [2.75, 3.05) is 26.0 Å². The zero-order valence-corrected chi connectivity index (χ0v) is 17.6. The molecule has 0 aliphatic rings. The van der Waals surface area contributed by atoms with Crippen LogP contribution in [0.1, 0.15) is 27.2 Å². The molecule has 0 atom stereocenters. The largest absolute Gasteiger partial charge is 0.382 e. The van der Waals surface area contributed by atoms with Crippen molar-refractivity contribution in [3.8, 4) is 6.07 Å². The van der Waals surface area contributed by atoms with Gasteiger partial charge in [0.05, 0.1) is 22.7 Å². The van der Waals surface area contributed by atoms with Crippen LogP contribution in [0.5, 0.6) is 0 Å². The third kappa shape index (κ3) is 5.12. The number of hydrogen-bond acceptors (Lipinski definition) is 6. The standard InChI is InChI=1S/C20H26N4O3S/c1-5-27-12-8-11-24-18(26)15-9-6-7-10-16(15)22-19(24)28-13-17(25)23(4)20(2,3)14-21/h6-7,9-10H,5,8,11-13H2,1-4H3. The van der Waals surface area contributed by atoms with Gasteiger partial charge in [-0.2, -0.15) is 5.26 Å². The summed E-state index contributed by atoms with van der Waals surface area (Å²) in [5.41, 5.74) is -0.414. The molecule has 2 aromatic rings. The Bertz CT molecular complexity index is 933. The Morgan fingerprint density at radius 2 is 2.11 bits per heavy atom. The van der Waals surface area contributed by atoms with Crippen molar-refractivity contribution in [3.05, 3.63) is 34.6 Å². The molecule has 1 amide bonds. The number of ether oxygens (including phenoxy) is 1. The molecule has 1 heterocycles. The molecule has 0 saturated heterocycles. The van der Waals surface area contributed by atoms with E-state index in [1.807, 2.05) is 19.1 Å². The summed E-state index contributed by atoms with van der Waals surface area (Å²) >= 11 is 1.21. The van der Waals surface area contributed by atoms with Gasteiger partial charge in [-0.05, 0) is 39.3 Å². The molecule has 0 aliphatic carbocycles. The number of nitrogens with zero attached hydrogens (tertiary/aromatic N) is 4. The molecule has 0 saturated carbocycles. The third-order valence-electron chi connectivity index (χ3n) is 4.51. The number of hydrogen-bond donors (Lipinski definition) is 0. The van der Waals surface area contributed by atoms with Gasteiger partial charge >= 0.3 is 0 Å². The van der Waals surface area contributed by atoms with Crippen molar-refractivity contribution in [2.45, 2.75) is 44.4 Å². The van der Waals surface area contributed by atoms with Crippen molar-refractivity contribution < 1.29 is 9.53 Å². The Hall–Kier alpha value is -2.37. The zero-order chi connectivity index (χ0) is 20.7. The van der Waals surface area contributed by atoms with Crippen molar-refractivity contribution in [1.29, 1.82) is 5.26 Å². The highest BCUT2D eigenvalue weighted by Gasteiger charge is 2.27. The van der Waals surface area contributed by atoms with Crippen LogP contribution >= 0.6 is 11.8 Å². The van der Waals surface area contributed by atoms with Crippen LogP contribution in [0.4, 0.5) is 0 Å². The molecule has 2 rings (SSSR count). The normalized spacial score (nSPS) is 11.4. The van der Waals surface area contributed by atoms with Crippen LogP contribution < -0.4 is 5.56 Å². The molecule has 1 aromatic heterocycles. The number of carbonyl (C=O) groups is 1. The lowest BCUT2D eigenvalue weighted by Gasteiger charge is -2.29. The van der Waals surface area contributed by atoms with Gasteiger partial charge in [0, 0.05) is 26.8 Å². The van der Waals surface area contributed by atoms with E-state index in [4.69, 9.17) is 4.74 Å². The van der Waals surface area contributed by atoms with Gasteiger partial charge in [0.15, 0.2) is 5.16 Å². The van der Waals surface area contributed by atoms with Crippen LogP contribution in [0.2, 0.25) is 0 Å². The number of para-hydroxylation sites is 1. The molecule has 0 spiro atoms. The SMILES string of the molecule is CCOCCCn1c(SCC(=O)N(C)C(C)(C)C#N)nc2ccccc2c1=O. The molecular formula is C20H26N4O3S. The highest BCUT2D eigenvalue weighted by molar-refractivity contribution is 7.99. The van der Waals surface area contributed by atoms with Crippen LogP contribution in [0.25, 0.3) is 10.9 Å². The fraction of sp³-hybridized carbons (Fsp3) is 0.500. The predicted molar refractivity (Wildman–Crippen MR) is 110 cm³/mol. The summed E-state index contributed by atoms with van der Waals surface area (Å²) in [6.07, 6.45) is 0.677. The lowest BCUT2D eigenvalue weighted by Crippen LogP contribution is -2.44. The smallest absolute Gasteiger partial charge is 0.262 e. The van der Waals surface area contributed by atoms with Crippen molar-refractivity contribution in [1.82, 2.24) is 14.5 Å². The van der Waals surface area contributed by atoms with Gasteiger partial charge in [-0.3, -0.25) is 14.2 Å². The quantitative estimate of drug-likeness (QED) is 0.364. The summed E-state index contributed by atoms with van der Waals surface area (Å²) in [5.74, 6) is -0.0995. The van der Waals surface area contributed by atoms with Gasteiger partial charge in [0.2, 0.25) is 5.91 Å². The highest BCUT2D eigenvalue weighted by Crippen LogP contribution is 2.20. The average molecular weight is 403 g/mol. The van der Waals surface area contributed by atoms with Crippen LogP contribution in [0.15, 0.2) is 34.2 Å². The Kier molecular flexibility index (Phi) is 7.61. The van der Waals surface area contributed by atoms with Crippen LogP contribution in [-0.4, -0.2) is 51.9 Å². The number of fused-ring (bicyclic) bond motifs is 1. The number of amides is 1. The summed E-state index contributed by atoms with van der Waals surface area (Å²) < 4.78 is 6.97. The topological polar surface area (TPSA) is 88.2 Å². The first-order valence-corrected chi connectivity index (χ1v) is 10.2. The van der Waals surface area contributed by atoms with E-state index in [1.54, 1.807) is 37.6 Å². The van der Waals surface area contributed by atoms with Crippen molar-refractivity contribution >= 4 is 28.6 Å². The Labute approximate surface area is 169 Å². The van der Waals surface area contributed by atoms with E-state index in [2.05, 4.69) is 11.1 Å². The first-order chi connectivity index (χ1) is 13.3. The maximum absolute atomic E-state index is 12.9. The Morgan fingerprint density at radius 3 is 2.79 bits per heavy atom. The van der Waals surface area contributed by atoms with Gasteiger partial charge in [0.1, 0.15) is 5.54 Å². The van der Waals surface area contributed by atoms with E-state index in [1.165, 1.54) is 16.7 Å². The van der Waals surface area contributed by atoms with Gasteiger partial charge in [0.25, 0.3) is 5.56 Å². The zero-order valence-electron chi connectivity index (χ0n) is 16.8. The number of carbonyl (C=O) groups excluding carboxylic acids is 1. The number of thioether (sulfide) groups is 1. The lowest BCUT2D eigenvalue weighted by atomic mass is 10.1. The van der Waals surface area contributed by atoms with E-state index in [-0.39, 0.29) is 17.2 Å². The molecule has 150 valence electrons. The highest BCUT2D eigenvalue weighted by atomic mass is 32.2. The second kappa shape index (κ2) is 9.71. The minimum atomic E-state index is -0.897. The number of rotatable bonds is 9. The van der Waals surface area contributed by atoms with Crippen molar-refractivity contribution in [3.63, 3.8) is 0 Å². The summed E-state index contributed by atoms with van der Waals surface area (Å²) in [5, 5.41) is 10.3. The average Bonchev–Trinajstić information content (AvgIpc) is 2.70. The fourth-order valence-corrected chi connectivity index (χ4v) is 3.47. The molecule has 0 unspecified atom stereocenters. The minimum Gasteiger partial charge on any atom is -0.382 e.